The minimum absolute atomic E-state index is 0.358. The van der Waals surface area contributed by atoms with Crippen LogP contribution in [0.1, 0.15) is 28.4 Å². The van der Waals surface area contributed by atoms with Crippen LogP contribution in [0.2, 0.25) is 5.02 Å². The summed E-state index contributed by atoms with van der Waals surface area (Å²) in [6, 6.07) is 19.9. The van der Waals surface area contributed by atoms with E-state index in [1.54, 1.807) is 24.4 Å². The van der Waals surface area contributed by atoms with Crippen LogP contribution < -0.4 is 19.6 Å². The Morgan fingerprint density at radius 1 is 1.03 bits per heavy atom. The third-order valence-corrected chi connectivity index (χ3v) is 4.68. The molecule has 0 fully saturated rings. The molecule has 0 radical (unpaired) electrons. The van der Waals surface area contributed by atoms with Gasteiger partial charge in [0.1, 0.15) is 12.4 Å². The number of nitrogens with one attached hydrogen (secondary N) is 1. The van der Waals surface area contributed by atoms with Crippen LogP contribution >= 0.6 is 11.6 Å². The average Bonchev–Trinajstić information content (AvgIpc) is 2.79. The summed E-state index contributed by atoms with van der Waals surface area (Å²) in [5, 5.41) is 4.69. The van der Waals surface area contributed by atoms with E-state index in [0.717, 1.165) is 11.1 Å². The van der Waals surface area contributed by atoms with E-state index >= 15 is 0 Å². The number of carbonyl (C=O) groups is 1. The molecule has 0 saturated heterocycles. The zero-order chi connectivity index (χ0) is 22.1. The van der Waals surface area contributed by atoms with Crippen LogP contribution in [-0.2, 0) is 6.61 Å². The number of ether oxygens (including phenoxy) is 3. The standard InChI is InChI=1S/C24H23ClN2O4/c1-3-30-22-12-11-18(14-23(22)29-2)24(28)27-26-15-17-7-6-9-20(13-17)31-16-19-8-4-5-10-21(19)25/h4-15H,3,16H2,1-2H3,(H,27,28)/b26-15+. The van der Waals surface area contributed by atoms with Crippen LogP contribution in [0.4, 0.5) is 0 Å². The summed E-state index contributed by atoms with van der Waals surface area (Å²) < 4.78 is 16.5. The van der Waals surface area contributed by atoms with Gasteiger partial charge in [-0.3, -0.25) is 4.79 Å². The minimum atomic E-state index is -0.358. The number of hydrazone groups is 1. The molecule has 3 aromatic rings. The van der Waals surface area contributed by atoms with E-state index < -0.39 is 0 Å². The molecular weight excluding hydrogens is 416 g/mol. The van der Waals surface area contributed by atoms with Gasteiger partial charge in [-0.2, -0.15) is 5.10 Å². The molecule has 6 nitrogen and oxygen atoms in total. The molecule has 0 atom stereocenters. The van der Waals surface area contributed by atoms with Gasteiger partial charge in [0.25, 0.3) is 5.91 Å². The van der Waals surface area contributed by atoms with Gasteiger partial charge in [0, 0.05) is 16.1 Å². The highest BCUT2D eigenvalue weighted by Gasteiger charge is 2.10. The number of carbonyl (C=O) groups excluding carboxylic acids is 1. The maximum atomic E-state index is 12.4. The lowest BCUT2D eigenvalue weighted by Crippen LogP contribution is -2.17. The Morgan fingerprint density at radius 3 is 2.65 bits per heavy atom. The molecule has 31 heavy (non-hydrogen) atoms. The summed E-state index contributed by atoms with van der Waals surface area (Å²) in [6.07, 6.45) is 1.55. The van der Waals surface area contributed by atoms with Gasteiger partial charge in [0.05, 0.1) is 19.9 Å². The second-order valence-corrected chi connectivity index (χ2v) is 6.86. The molecule has 7 heteroatoms. The first-order valence-electron chi connectivity index (χ1n) is 9.71. The van der Waals surface area contributed by atoms with Crippen molar-refractivity contribution >= 4 is 23.7 Å². The first kappa shape index (κ1) is 22.2. The lowest BCUT2D eigenvalue weighted by atomic mass is 10.2. The second-order valence-electron chi connectivity index (χ2n) is 6.45. The first-order chi connectivity index (χ1) is 15.1. The Hall–Kier alpha value is -3.51. The molecule has 160 valence electrons. The van der Waals surface area contributed by atoms with E-state index in [1.807, 2.05) is 55.5 Å². The molecule has 0 aromatic heterocycles. The average molecular weight is 439 g/mol. The van der Waals surface area contributed by atoms with E-state index in [1.165, 1.54) is 7.11 Å². The summed E-state index contributed by atoms with van der Waals surface area (Å²) in [5.74, 6) is 1.38. The molecular formula is C24H23ClN2O4. The molecule has 0 bridgehead atoms. The van der Waals surface area contributed by atoms with Crippen molar-refractivity contribution in [1.29, 1.82) is 0 Å². The van der Waals surface area contributed by atoms with Gasteiger partial charge in [0.15, 0.2) is 11.5 Å². The van der Waals surface area contributed by atoms with Gasteiger partial charge in [0.2, 0.25) is 0 Å². The van der Waals surface area contributed by atoms with Gasteiger partial charge in [-0.25, -0.2) is 5.43 Å². The number of amides is 1. The predicted octanol–water partition coefficient (Wildman–Crippen LogP) is 5.09. The summed E-state index contributed by atoms with van der Waals surface area (Å²) in [5.41, 5.74) is 4.61. The largest absolute Gasteiger partial charge is 0.493 e. The topological polar surface area (TPSA) is 69.2 Å². The number of rotatable bonds is 9. The van der Waals surface area contributed by atoms with Crippen LogP contribution in [0.5, 0.6) is 17.2 Å². The Balaban J connectivity index is 1.60. The predicted molar refractivity (Wildman–Crippen MR) is 121 cm³/mol. The maximum Gasteiger partial charge on any atom is 0.271 e. The Kier molecular flexibility index (Phi) is 7.90. The number of halogens is 1. The van der Waals surface area contributed by atoms with E-state index in [-0.39, 0.29) is 5.91 Å². The van der Waals surface area contributed by atoms with Crippen LogP contribution in [0, 0.1) is 0 Å². The van der Waals surface area contributed by atoms with Crippen molar-refractivity contribution in [1.82, 2.24) is 5.43 Å². The number of hydrogen-bond donors (Lipinski definition) is 1. The van der Waals surface area contributed by atoms with Crippen molar-refractivity contribution < 1.29 is 19.0 Å². The van der Waals surface area contributed by atoms with Crippen molar-refractivity contribution in [2.24, 2.45) is 5.10 Å². The third kappa shape index (κ3) is 6.23. The lowest BCUT2D eigenvalue weighted by Gasteiger charge is -2.10. The Labute approximate surface area is 186 Å². The van der Waals surface area contributed by atoms with Crippen molar-refractivity contribution in [3.8, 4) is 17.2 Å². The van der Waals surface area contributed by atoms with Crippen LogP contribution in [0.25, 0.3) is 0 Å². The number of hydrogen-bond acceptors (Lipinski definition) is 5. The number of methoxy groups -OCH3 is 1. The fourth-order valence-corrected chi connectivity index (χ4v) is 2.97. The highest BCUT2D eigenvalue weighted by Crippen LogP contribution is 2.28. The van der Waals surface area contributed by atoms with Gasteiger partial charge in [-0.15, -0.1) is 0 Å². The molecule has 1 N–H and O–H groups in total. The molecule has 1 amide bonds. The molecule has 3 aromatic carbocycles. The highest BCUT2D eigenvalue weighted by atomic mass is 35.5. The molecule has 0 aliphatic carbocycles. The lowest BCUT2D eigenvalue weighted by molar-refractivity contribution is 0.0954. The third-order valence-electron chi connectivity index (χ3n) is 4.32. The monoisotopic (exact) mass is 438 g/mol. The molecule has 0 spiro atoms. The van der Waals surface area contributed by atoms with Gasteiger partial charge < -0.3 is 14.2 Å². The van der Waals surface area contributed by atoms with E-state index in [4.69, 9.17) is 25.8 Å². The fourth-order valence-electron chi connectivity index (χ4n) is 2.77. The summed E-state index contributed by atoms with van der Waals surface area (Å²) in [4.78, 5) is 12.4. The zero-order valence-corrected chi connectivity index (χ0v) is 18.1. The Bertz CT molecular complexity index is 1070. The normalized spacial score (nSPS) is 10.7. The second kappa shape index (κ2) is 11.0. The molecule has 3 rings (SSSR count). The quantitative estimate of drug-likeness (QED) is 0.373. The zero-order valence-electron chi connectivity index (χ0n) is 17.3. The smallest absolute Gasteiger partial charge is 0.271 e. The molecule has 0 aliphatic rings. The minimum Gasteiger partial charge on any atom is -0.493 e. The molecule has 0 aliphatic heterocycles. The van der Waals surface area contributed by atoms with Gasteiger partial charge in [-0.05, 0) is 48.9 Å². The Morgan fingerprint density at radius 2 is 1.87 bits per heavy atom. The molecule has 0 unspecified atom stereocenters. The van der Waals surface area contributed by atoms with Crippen molar-refractivity contribution in [2.75, 3.05) is 13.7 Å². The molecule has 0 heterocycles. The fraction of sp³-hybridized carbons (Fsp3) is 0.167. The van der Waals surface area contributed by atoms with Crippen LogP contribution in [0.3, 0.4) is 0 Å². The summed E-state index contributed by atoms with van der Waals surface area (Å²) in [7, 11) is 1.53. The SMILES string of the molecule is CCOc1ccc(C(=O)N/N=C/c2cccc(OCc3ccccc3Cl)c2)cc1OC. The van der Waals surface area contributed by atoms with Crippen molar-refractivity contribution in [3.05, 3.63) is 88.4 Å². The van der Waals surface area contributed by atoms with Gasteiger partial charge >= 0.3 is 0 Å². The summed E-state index contributed by atoms with van der Waals surface area (Å²) >= 11 is 6.16. The van der Waals surface area contributed by atoms with Crippen molar-refractivity contribution in [3.63, 3.8) is 0 Å². The van der Waals surface area contributed by atoms with Crippen molar-refractivity contribution in [2.45, 2.75) is 13.5 Å². The number of nitrogens with zero attached hydrogens (tertiary/aromatic N) is 1. The van der Waals surface area contributed by atoms with E-state index in [2.05, 4.69) is 10.5 Å². The van der Waals surface area contributed by atoms with Crippen LogP contribution in [-0.4, -0.2) is 25.8 Å². The van der Waals surface area contributed by atoms with E-state index in [0.29, 0.717) is 41.0 Å². The first-order valence-corrected chi connectivity index (χ1v) is 10.1. The maximum absolute atomic E-state index is 12.4. The van der Waals surface area contributed by atoms with Gasteiger partial charge in [-0.1, -0.05) is 41.9 Å². The van der Waals surface area contributed by atoms with E-state index in [9.17, 15) is 4.79 Å². The number of benzene rings is 3. The van der Waals surface area contributed by atoms with Crippen LogP contribution in [0.15, 0.2) is 71.8 Å². The molecule has 0 saturated carbocycles. The highest BCUT2D eigenvalue weighted by molar-refractivity contribution is 6.31. The summed E-state index contributed by atoms with van der Waals surface area (Å²) in [6.45, 7) is 2.75.